The van der Waals surface area contributed by atoms with Crippen LogP contribution in [0.15, 0.2) is 67.3 Å². The second-order valence-electron chi connectivity index (χ2n) is 5.19. The number of rotatable bonds is 5. The Labute approximate surface area is 160 Å². The third kappa shape index (κ3) is 4.39. The molecule has 0 spiro atoms. The Morgan fingerprint density at radius 3 is 2.62 bits per heavy atom. The van der Waals surface area contributed by atoms with Gasteiger partial charge in [0.15, 0.2) is 0 Å². The minimum absolute atomic E-state index is 0.0664. The average molecular weight is 393 g/mol. The summed E-state index contributed by atoms with van der Waals surface area (Å²) in [5, 5.41) is 1.34. The maximum Gasteiger partial charge on any atom is 0.0946 e. The molecule has 6 heteroatoms. The largest absolute Gasteiger partial charge is 0.336 e. The average Bonchev–Trinajstić information content (AvgIpc) is 3.08. The first-order chi connectivity index (χ1) is 11.6. The molecule has 1 aromatic heterocycles. The van der Waals surface area contributed by atoms with Gasteiger partial charge in [0.2, 0.25) is 0 Å². The van der Waals surface area contributed by atoms with E-state index in [0.29, 0.717) is 10.0 Å². The fraction of sp³-hybridized carbons (Fsp3) is 0.111. The predicted octanol–water partition coefficient (Wildman–Crippen LogP) is 6.04. The molecule has 0 saturated heterocycles. The van der Waals surface area contributed by atoms with E-state index < -0.39 is 0 Å². The normalized spacial score (nSPS) is 12.1. The molecule has 0 radical (unpaired) electrons. The summed E-state index contributed by atoms with van der Waals surface area (Å²) in [5.41, 5.74) is 2.05. The lowest BCUT2D eigenvalue weighted by Crippen LogP contribution is -2.08. The van der Waals surface area contributed by atoms with Crippen LogP contribution in [0.25, 0.3) is 0 Å². The lowest BCUT2D eigenvalue weighted by Gasteiger charge is -2.19. The van der Waals surface area contributed by atoms with Crippen molar-refractivity contribution in [3.05, 3.63) is 88.4 Å². The number of thiocarbonyl (C=S) groups is 1. The Morgan fingerprint density at radius 2 is 1.96 bits per heavy atom. The number of imidazole rings is 1. The number of nitrogens with zero attached hydrogens (tertiary/aromatic N) is 2. The highest BCUT2D eigenvalue weighted by atomic mass is 35.5. The second-order valence-corrected chi connectivity index (χ2v) is 7.91. The number of hydrogen-bond donors (Lipinski definition) is 0. The molecule has 3 rings (SSSR count). The smallest absolute Gasteiger partial charge is 0.0946 e. The second kappa shape index (κ2) is 8.17. The summed E-state index contributed by atoms with van der Waals surface area (Å²) >= 11 is 19.7. The molecule has 0 aliphatic heterocycles. The highest BCUT2D eigenvalue weighted by molar-refractivity contribution is 8.23. The highest BCUT2D eigenvalue weighted by Gasteiger charge is 2.19. The van der Waals surface area contributed by atoms with Crippen LogP contribution in [0.1, 0.15) is 16.4 Å². The van der Waals surface area contributed by atoms with Gasteiger partial charge in [0, 0.05) is 29.0 Å². The Balaban J connectivity index is 1.88. The van der Waals surface area contributed by atoms with E-state index >= 15 is 0 Å². The molecule has 1 unspecified atom stereocenters. The minimum atomic E-state index is 0.0664. The number of benzene rings is 2. The van der Waals surface area contributed by atoms with Crippen molar-refractivity contribution in [2.75, 3.05) is 0 Å². The highest BCUT2D eigenvalue weighted by Crippen LogP contribution is 2.38. The van der Waals surface area contributed by atoms with E-state index in [1.54, 1.807) is 30.4 Å². The van der Waals surface area contributed by atoms with Gasteiger partial charge in [0.25, 0.3) is 0 Å². The van der Waals surface area contributed by atoms with E-state index in [0.717, 1.165) is 21.9 Å². The molecule has 0 aliphatic rings. The molecule has 0 bridgehead atoms. The zero-order chi connectivity index (χ0) is 16.9. The van der Waals surface area contributed by atoms with Gasteiger partial charge < -0.3 is 4.57 Å². The molecule has 1 heterocycles. The van der Waals surface area contributed by atoms with Gasteiger partial charge in [-0.1, -0.05) is 71.8 Å². The van der Waals surface area contributed by atoms with Gasteiger partial charge in [-0.2, -0.15) is 0 Å². The van der Waals surface area contributed by atoms with Crippen LogP contribution in [0, 0.1) is 0 Å². The third-order valence-electron chi connectivity index (χ3n) is 3.50. The van der Waals surface area contributed by atoms with Gasteiger partial charge in [-0.25, -0.2) is 4.98 Å². The molecule has 0 N–H and O–H groups in total. The monoisotopic (exact) mass is 392 g/mol. The van der Waals surface area contributed by atoms with Crippen molar-refractivity contribution in [1.29, 1.82) is 0 Å². The van der Waals surface area contributed by atoms with Crippen molar-refractivity contribution >= 4 is 51.4 Å². The summed E-state index contributed by atoms with van der Waals surface area (Å²) in [6.07, 6.45) is 5.49. The first kappa shape index (κ1) is 17.5. The molecule has 2 nitrogen and oxygen atoms in total. The molecule has 2 aromatic carbocycles. The Bertz CT molecular complexity index is 820. The third-order valence-corrected chi connectivity index (χ3v) is 5.73. The summed E-state index contributed by atoms with van der Waals surface area (Å²) in [5.74, 6) is 0. The minimum Gasteiger partial charge on any atom is -0.336 e. The topological polar surface area (TPSA) is 17.8 Å². The van der Waals surface area contributed by atoms with Crippen molar-refractivity contribution in [1.82, 2.24) is 9.55 Å². The zero-order valence-electron chi connectivity index (χ0n) is 12.6. The van der Waals surface area contributed by atoms with Gasteiger partial charge >= 0.3 is 0 Å². The van der Waals surface area contributed by atoms with Gasteiger partial charge in [0.1, 0.15) is 0 Å². The Kier molecular flexibility index (Phi) is 5.95. The Hall–Kier alpha value is -1.33. The van der Waals surface area contributed by atoms with Crippen LogP contribution in [0.5, 0.6) is 0 Å². The van der Waals surface area contributed by atoms with Gasteiger partial charge in [-0.05, 0) is 23.3 Å². The van der Waals surface area contributed by atoms with E-state index in [1.807, 2.05) is 53.2 Å². The summed E-state index contributed by atoms with van der Waals surface area (Å²) in [6.45, 7) is 0.721. The van der Waals surface area contributed by atoms with Crippen molar-refractivity contribution in [2.24, 2.45) is 0 Å². The molecular weight excluding hydrogens is 379 g/mol. The number of halogens is 2. The summed E-state index contributed by atoms with van der Waals surface area (Å²) in [7, 11) is 0. The fourth-order valence-electron chi connectivity index (χ4n) is 2.32. The Morgan fingerprint density at radius 1 is 1.17 bits per heavy atom. The van der Waals surface area contributed by atoms with Crippen molar-refractivity contribution in [2.45, 2.75) is 11.8 Å². The molecular formula is C18H14Cl2N2S2. The number of hydrogen-bond acceptors (Lipinski definition) is 3. The zero-order valence-corrected chi connectivity index (χ0v) is 15.7. The maximum atomic E-state index is 6.43. The van der Waals surface area contributed by atoms with Crippen LogP contribution in [0.4, 0.5) is 0 Å². The quantitative estimate of drug-likeness (QED) is 0.492. The fourth-order valence-corrected chi connectivity index (χ4v) is 4.52. The summed E-state index contributed by atoms with van der Waals surface area (Å²) in [6, 6.07) is 15.6. The van der Waals surface area contributed by atoms with E-state index in [4.69, 9.17) is 35.4 Å². The molecule has 24 heavy (non-hydrogen) atoms. The molecule has 0 saturated carbocycles. The molecule has 1 atom stereocenters. The standard InChI is InChI=1S/C18H14Cl2N2S2/c19-14-6-7-15(16(20)10-14)17(11-22-9-8-21-12-22)24-18(23)13-4-2-1-3-5-13/h1-10,12,17H,11H2. The molecule has 0 amide bonds. The lowest BCUT2D eigenvalue weighted by atomic mass is 10.1. The van der Waals surface area contributed by atoms with Crippen LogP contribution < -0.4 is 0 Å². The van der Waals surface area contributed by atoms with Crippen LogP contribution >= 0.6 is 47.2 Å². The van der Waals surface area contributed by atoms with Crippen LogP contribution in [0.2, 0.25) is 10.0 Å². The van der Waals surface area contributed by atoms with Crippen LogP contribution in [-0.2, 0) is 6.54 Å². The van der Waals surface area contributed by atoms with Gasteiger partial charge in [-0.3, -0.25) is 0 Å². The van der Waals surface area contributed by atoms with Crippen LogP contribution in [0.3, 0.4) is 0 Å². The SMILES string of the molecule is S=C(SC(Cn1ccnc1)c1ccc(Cl)cc1Cl)c1ccccc1. The first-order valence-electron chi connectivity index (χ1n) is 7.30. The van der Waals surface area contributed by atoms with E-state index in [-0.39, 0.29) is 5.25 Å². The number of aromatic nitrogens is 2. The molecule has 3 aromatic rings. The van der Waals surface area contributed by atoms with Crippen molar-refractivity contribution < 1.29 is 0 Å². The summed E-state index contributed by atoms with van der Waals surface area (Å²) in [4.78, 5) is 4.11. The van der Waals surface area contributed by atoms with E-state index in [2.05, 4.69) is 4.98 Å². The first-order valence-corrected chi connectivity index (χ1v) is 9.34. The van der Waals surface area contributed by atoms with Crippen molar-refractivity contribution in [3.63, 3.8) is 0 Å². The summed E-state index contributed by atoms with van der Waals surface area (Å²) < 4.78 is 2.86. The maximum absolute atomic E-state index is 6.43. The molecule has 122 valence electrons. The number of thioether (sulfide) groups is 1. The van der Waals surface area contributed by atoms with Crippen LogP contribution in [-0.4, -0.2) is 13.7 Å². The molecule has 0 fully saturated rings. The van der Waals surface area contributed by atoms with Crippen molar-refractivity contribution in [3.8, 4) is 0 Å². The van der Waals surface area contributed by atoms with E-state index in [9.17, 15) is 0 Å². The van der Waals surface area contributed by atoms with Gasteiger partial charge in [-0.15, -0.1) is 11.8 Å². The lowest BCUT2D eigenvalue weighted by molar-refractivity contribution is 0.685. The molecule has 0 aliphatic carbocycles. The van der Waals surface area contributed by atoms with E-state index in [1.165, 1.54) is 0 Å². The van der Waals surface area contributed by atoms with Gasteiger partial charge in [0.05, 0.1) is 15.8 Å². The predicted molar refractivity (Wildman–Crippen MR) is 107 cm³/mol.